The van der Waals surface area contributed by atoms with E-state index in [-0.39, 0.29) is 12.6 Å². The Morgan fingerprint density at radius 1 is 1.57 bits per heavy atom. The Morgan fingerprint density at radius 2 is 2.29 bits per heavy atom. The normalized spacial score (nSPS) is 18.1. The summed E-state index contributed by atoms with van der Waals surface area (Å²) in [6, 6.07) is 0. The maximum Gasteiger partial charge on any atom is 0.409 e. The zero-order chi connectivity index (χ0) is 10.6. The highest BCUT2D eigenvalue weighted by Crippen LogP contribution is 2.02. The van der Waals surface area contributed by atoms with Crippen molar-refractivity contribution in [3.63, 3.8) is 0 Å². The van der Waals surface area contributed by atoms with Crippen LogP contribution in [0.15, 0.2) is 0 Å². The van der Waals surface area contributed by atoms with Gasteiger partial charge in [0.15, 0.2) is 0 Å². The molecule has 0 radical (unpaired) electrons. The molecule has 1 aliphatic rings. The monoisotopic (exact) mass is 222 g/mol. The molecule has 0 aromatic carbocycles. The first-order valence-electron chi connectivity index (χ1n) is 4.35. The fraction of sp³-hybridized carbons (Fsp3) is 0.857. The smallest absolute Gasteiger partial charge is 0.409 e. The van der Waals surface area contributed by atoms with Gasteiger partial charge >= 0.3 is 6.09 Å². The van der Waals surface area contributed by atoms with Crippen molar-refractivity contribution in [2.75, 3.05) is 32.5 Å². The molecule has 1 saturated heterocycles. The van der Waals surface area contributed by atoms with Crippen molar-refractivity contribution >= 4 is 16.1 Å². The summed E-state index contributed by atoms with van der Waals surface area (Å²) in [5.41, 5.74) is 0. The quantitative estimate of drug-likeness (QED) is 0.687. The Labute approximate surface area is 83.3 Å². The zero-order valence-electron chi connectivity index (χ0n) is 8.02. The molecule has 0 bridgehead atoms. The van der Waals surface area contributed by atoms with Gasteiger partial charge in [0.05, 0.1) is 12.9 Å². The van der Waals surface area contributed by atoms with Gasteiger partial charge in [-0.25, -0.2) is 17.9 Å². The number of hydrogen-bond donors (Lipinski definition) is 1. The van der Waals surface area contributed by atoms with Crippen molar-refractivity contribution in [1.82, 2.24) is 9.62 Å². The van der Waals surface area contributed by atoms with E-state index in [0.717, 1.165) is 12.7 Å². The fourth-order valence-electron chi connectivity index (χ4n) is 1.17. The number of nitrogens with zero attached hydrogens (tertiary/aromatic N) is 1. The van der Waals surface area contributed by atoms with Crippen molar-refractivity contribution < 1.29 is 17.9 Å². The Hall–Kier alpha value is -0.820. The van der Waals surface area contributed by atoms with E-state index in [9.17, 15) is 13.2 Å². The molecule has 7 heteroatoms. The third-order valence-electron chi connectivity index (χ3n) is 1.80. The lowest BCUT2D eigenvalue weighted by atomic mass is 10.4. The van der Waals surface area contributed by atoms with Crippen LogP contribution in [0.3, 0.4) is 0 Å². The first-order valence-corrected chi connectivity index (χ1v) is 6.24. The summed E-state index contributed by atoms with van der Waals surface area (Å²) in [4.78, 5) is 12.6. The molecule has 1 heterocycles. The molecule has 0 aromatic heterocycles. The number of rotatable bonds is 4. The average Bonchev–Trinajstić information content (AvgIpc) is 2.06. The number of amides is 1. The molecule has 0 atom stereocenters. The molecule has 6 nitrogen and oxygen atoms in total. The minimum atomic E-state index is -3.17. The fourth-order valence-corrected chi connectivity index (χ4v) is 1.63. The Morgan fingerprint density at radius 3 is 2.86 bits per heavy atom. The van der Waals surface area contributed by atoms with Crippen LogP contribution >= 0.6 is 0 Å². The molecule has 1 rings (SSSR count). The minimum Gasteiger partial charge on any atom is -0.449 e. The van der Waals surface area contributed by atoms with Crippen LogP contribution in [-0.4, -0.2) is 51.9 Å². The number of ether oxygens (including phenoxy) is 1. The van der Waals surface area contributed by atoms with E-state index in [1.165, 1.54) is 4.90 Å². The van der Waals surface area contributed by atoms with E-state index in [0.29, 0.717) is 19.7 Å². The molecule has 0 aliphatic carbocycles. The largest absolute Gasteiger partial charge is 0.449 e. The van der Waals surface area contributed by atoms with Crippen molar-refractivity contribution in [2.45, 2.75) is 6.42 Å². The van der Waals surface area contributed by atoms with Gasteiger partial charge in [0.25, 0.3) is 0 Å². The predicted molar refractivity (Wildman–Crippen MR) is 50.4 cm³/mol. The molecule has 1 fully saturated rings. The Kier molecular flexibility index (Phi) is 3.70. The second-order valence-corrected chi connectivity index (χ2v) is 4.95. The van der Waals surface area contributed by atoms with Crippen LogP contribution in [0, 0.1) is 0 Å². The van der Waals surface area contributed by atoms with Crippen LogP contribution in [0.25, 0.3) is 0 Å². The van der Waals surface area contributed by atoms with Gasteiger partial charge in [-0.1, -0.05) is 0 Å². The predicted octanol–water partition coefficient (Wildman–Crippen LogP) is -0.622. The van der Waals surface area contributed by atoms with Crippen LogP contribution in [0.1, 0.15) is 6.42 Å². The molecule has 1 aliphatic heterocycles. The number of carbonyl (C=O) groups excluding carboxylic acids is 1. The molecule has 1 N–H and O–H groups in total. The maximum atomic E-state index is 11.1. The molecule has 0 saturated carbocycles. The Bertz CT molecular complexity index is 301. The molecule has 82 valence electrons. The Balaban J connectivity index is 2.27. The minimum absolute atomic E-state index is 0.230. The van der Waals surface area contributed by atoms with Crippen molar-refractivity contribution in [2.24, 2.45) is 0 Å². The highest BCUT2D eigenvalue weighted by atomic mass is 32.2. The highest BCUT2D eigenvalue weighted by molar-refractivity contribution is 7.88. The van der Waals surface area contributed by atoms with E-state index < -0.39 is 10.0 Å². The van der Waals surface area contributed by atoms with Gasteiger partial charge in [-0.15, -0.1) is 0 Å². The van der Waals surface area contributed by atoms with Crippen LogP contribution < -0.4 is 4.72 Å². The summed E-state index contributed by atoms with van der Waals surface area (Å²) in [5.74, 6) is 0. The summed E-state index contributed by atoms with van der Waals surface area (Å²) >= 11 is 0. The van der Waals surface area contributed by atoms with Crippen molar-refractivity contribution in [3.05, 3.63) is 0 Å². The average molecular weight is 222 g/mol. The van der Waals surface area contributed by atoms with Crippen LogP contribution in [0.5, 0.6) is 0 Å². The lowest BCUT2D eigenvalue weighted by Gasteiger charge is -2.26. The SMILES string of the molecule is CS(=O)(=O)NCCN1CCCOC1=O. The number of hydrogen-bond acceptors (Lipinski definition) is 4. The van der Waals surface area contributed by atoms with Gasteiger partial charge in [-0.2, -0.15) is 0 Å². The van der Waals surface area contributed by atoms with Crippen molar-refractivity contribution in [3.8, 4) is 0 Å². The van der Waals surface area contributed by atoms with Gasteiger partial charge in [0, 0.05) is 19.6 Å². The third-order valence-corrected chi connectivity index (χ3v) is 2.53. The maximum absolute atomic E-state index is 11.1. The first-order chi connectivity index (χ1) is 6.49. The number of cyclic esters (lactones) is 1. The summed E-state index contributed by atoms with van der Waals surface area (Å²) < 4.78 is 28.5. The summed E-state index contributed by atoms with van der Waals surface area (Å²) in [6.45, 7) is 1.67. The lowest BCUT2D eigenvalue weighted by Crippen LogP contribution is -2.42. The molecule has 0 aromatic rings. The third kappa shape index (κ3) is 3.93. The molecule has 1 amide bonds. The van der Waals surface area contributed by atoms with E-state index >= 15 is 0 Å². The van der Waals surface area contributed by atoms with Crippen LogP contribution in [-0.2, 0) is 14.8 Å². The standard InChI is InChI=1S/C7H14N2O4S/c1-14(11,12)8-3-5-9-4-2-6-13-7(9)10/h8H,2-6H2,1H3. The van der Waals surface area contributed by atoms with Crippen molar-refractivity contribution in [1.29, 1.82) is 0 Å². The summed E-state index contributed by atoms with van der Waals surface area (Å²) in [7, 11) is -3.17. The van der Waals surface area contributed by atoms with Crippen LogP contribution in [0.4, 0.5) is 4.79 Å². The summed E-state index contributed by atoms with van der Waals surface area (Å²) in [6.07, 6.45) is 1.51. The summed E-state index contributed by atoms with van der Waals surface area (Å²) in [5, 5.41) is 0. The second-order valence-electron chi connectivity index (χ2n) is 3.12. The lowest BCUT2D eigenvalue weighted by molar-refractivity contribution is 0.0738. The topological polar surface area (TPSA) is 75.7 Å². The number of nitrogens with one attached hydrogen (secondary N) is 1. The molecule has 0 spiro atoms. The molecule has 14 heavy (non-hydrogen) atoms. The van der Waals surface area contributed by atoms with Gasteiger partial charge < -0.3 is 9.64 Å². The van der Waals surface area contributed by atoms with Gasteiger partial charge in [-0.3, -0.25) is 0 Å². The van der Waals surface area contributed by atoms with E-state index in [4.69, 9.17) is 4.74 Å². The zero-order valence-corrected chi connectivity index (χ0v) is 8.84. The number of sulfonamides is 1. The number of carbonyl (C=O) groups is 1. The molecular weight excluding hydrogens is 208 g/mol. The van der Waals surface area contributed by atoms with Gasteiger partial charge in [0.1, 0.15) is 0 Å². The second kappa shape index (κ2) is 4.61. The van der Waals surface area contributed by atoms with E-state index in [1.54, 1.807) is 0 Å². The van der Waals surface area contributed by atoms with Gasteiger partial charge in [0.2, 0.25) is 10.0 Å². The first kappa shape index (κ1) is 11.3. The highest BCUT2D eigenvalue weighted by Gasteiger charge is 2.18. The van der Waals surface area contributed by atoms with E-state index in [1.807, 2.05) is 0 Å². The van der Waals surface area contributed by atoms with Crippen LogP contribution in [0.2, 0.25) is 0 Å². The van der Waals surface area contributed by atoms with Gasteiger partial charge in [-0.05, 0) is 6.42 Å². The molecule has 0 unspecified atom stereocenters. The van der Waals surface area contributed by atoms with E-state index in [2.05, 4.69) is 4.72 Å². The molecular formula is C7H14N2O4S.